The van der Waals surface area contributed by atoms with Gasteiger partial charge in [-0.05, 0) is 36.6 Å². The zero-order valence-electron chi connectivity index (χ0n) is 8.50. The molecule has 0 fully saturated rings. The van der Waals surface area contributed by atoms with Crippen molar-refractivity contribution in [2.24, 2.45) is 0 Å². The molecule has 0 spiro atoms. The van der Waals surface area contributed by atoms with Crippen LogP contribution < -0.4 is 0 Å². The Hall–Kier alpha value is -0.870. The van der Waals surface area contributed by atoms with Gasteiger partial charge in [-0.15, -0.1) is 0 Å². The van der Waals surface area contributed by atoms with E-state index in [1.54, 1.807) is 25.3 Å². The van der Waals surface area contributed by atoms with Gasteiger partial charge in [0, 0.05) is 18.2 Å². The normalized spacial score (nSPS) is 10.3. The number of rotatable bonds is 5. The van der Waals surface area contributed by atoms with Crippen LogP contribution in [-0.2, 0) is 11.2 Å². The molecule has 15 heavy (non-hydrogen) atoms. The van der Waals surface area contributed by atoms with Crippen molar-refractivity contribution in [2.45, 2.75) is 12.8 Å². The molecule has 0 saturated heterocycles. The summed E-state index contributed by atoms with van der Waals surface area (Å²) < 4.78 is 5.90. The summed E-state index contributed by atoms with van der Waals surface area (Å²) in [5, 5.41) is 8.83. The summed E-state index contributed by atoms with van der Waals surface area (Å²) in [7, 11) is 1.66. The third-order valence-corrected chi connectivity index (χ3v) is 2.86. The van der Waals surface area contributed by atoms with E-state index < -0.39 is 5.97 Å². The van der Waals surface area contributed by atoms with Crippen molar-refractivity contribution in [1.82, 2.24) is 0 Å². The average Bonchev–Trinajstić information content (AvgIpc) is 2.20. The molecule has 3 nitrogen and oxygen atoms in total. The highest BCUT2D eigenvalue weighted by Crippen LogP contribution is 2.20. The third-order valence-electron chi connectivity index (χ3n) is 2.09. The molecule has 0 atom stereocenters. The standard InChI is InChI=1S/C11H13BrO3/c1-15-6-2-3-8-7-9(11(13)14)4-5-10(8)12/h4-5,7H,2-3,6H2,1H3,(H,13,14). The molecule has 0 unspecified atom stereocenters. The van der Waals surface area contributed by atoms with Crippen molar-refractivity contribution >= 4 is 21.9 Å². The van der Waals surface area contributed by atoms with Crippen LogP contribution in [0.5, 0.6) is 0 Å². The maximum atomic E-state index is 10.8. The molecule has 0 amide bonds. The molecule has 0 radical (unpaired) electrons. The predicted octanol–water partition coefficient (Wildman–Crippen LogP) is 2.73. The quantitative estimate of drug-likeness (QED) is 0.839. The Bertz CT molecular complexity index is 350. The van der Waals surface area contributed by atoms with Crippen LogP contribution in [0.3, 0.4) is 0 Å². The Kier molecular flexibility index (Phi) is 4.78. The summed E-state index contributed by atoms with van der Waals surface area (Å²) in [6, 6.07) is 5.06. The molecule has 82 valence electrons. The monoisotopic (exact) mass is 272 g/mol. The minimum Gasteiger partial charge on any atom is -0.478 e. The van der Waals surface area contributed by atoms with E-state index in [0.29, 0.717) is 12.2 Å². The molecular formula is C11H13BrO3. The number of benzene rings is 1. The van der Waals surface area contributed by atoms with E-state index in [1.807, 2.05) is 0 Å². The fraction of sp³-hybridized carbons (Fsp3) is 0.364. The Labute approximate surface area is 97.2 Å². The molecule has 0 aromatic heterocycles. The molecule has 0 aliphatic heterocycles. The summed E-state index contributed by atoms with van der Waals surface area (Å²) in [4.78, 5) is 10.8. The first-order valence-electron chi connectivity index (χ1n) is 4.66. The minimum atomic E-state index is -0.893. The van der Waals surface area contributed by atoms with Gasteiger partial charge in [-0.1, -0.05) is 15.9 Å². The highest BCUT2D eigenvalue weighted by atomic mass is 79.9. The molecule has 0 aliphatic carbocycles. The van der Waals surface area contributed by atoms with E-state index in [9.17, 15) is 4.79 Å². The Morgan fingerprint density at radius 3 is 2.87 bits per heavy atom. The van der Waals surface area contributed by atoms with E-state index in [4.69, 9.17) is 9.84 Å². The van der Waals surface area contributed by atoms with Crippen LogP contribution in [0.25, 0.3) is 0 Å². The summed E-state index contributed by atoms with van der Waals surface area (Å²) >= 11 is 3.40. The van der Waals surface area contributed by atoms with E-state index in [2.05, 4.69) is 15.9 Å². The fourth-order valence-corrected chi connectivity index (χ4v) is 1.75. The number of methoxy groups -OCH3 is 1. The van der Waals surface area contributed by atoms with Crippen LogP contribution in [0, 0.1) is 0 Å². The second-order valence-corrected chi connectivity index (χ2v) is 4.06. The lowest BCUT2D eigenvalue weighted by atomic mass is 10.1. The number of hydrogen-bond donors (Lipinski definition) is 1. The molecular weight excluding hydrogens is 260 g/mol. The van der Waals surface area contributed by atoms with Gasteiger partial charge in [0.1, 0.15) is 0 Å². The highest BCUT2D eigenvalue weighted by molar-refractivity contribution is 9.10. The largest absolute Gasteiger partial charge is 0.478 e. The van der Waals surface area contributed by atoms with Crippen LogP contribution in [0.15, 0.2) is 22.7 Å². The lowest BCUT2D eigenvalue weighted by Gasteiger charge is -2.05. The molecule has 4 heteroatoms. The van der Waals surface area contributed by atoms with Crippen LogP contribution in [0.4, 0.5) is 0 Å². The molecule has 1 rings (SSSR count). The number of aromatic carboxylic acids is 1. The Balaban J connectivity index is 2.76. The van der Waals surface area contributed by atoms with Crippen molar-refractivity contribution in [3.8, 4) is 0 Å². The maximum Gasteiger partial charge on any atom is 0.335 e. The number of halogens is 1. The third kappa shape index (κ3) is 3.64. The van der Waals surface area contributed by atoms with Crippen molar-refractivity contribution < 1.29 is 14.6 Å². The summed E-state index contributed by atoms with van der Waals surface area (Å²) in [6.45, 7) is 0.684. The molecule has 0 aliphatic rings. The molecule has 0 heterocycles. The summed E-state index contributed by atoms with van der Waals surface area (Å²) in [6.07, 6.45) is 1.70. The van der Waals surface area contributed by atoms with Gasteiger partial charge in [0.25, 0.3) is 0 Å². The second kappa shape index (κ2) is 5.88. The van der Waals surface area contributed by atoms with E-state index >= 15 is 0 Å². The van der Waals surface area contributed by atoms with Crippen LogP contribution >= 0.6 is 15.9 Å². The van der Waals surface area contributed by atoms with Gasteiger partial charge in [-0.25, -0.2) is 4.79 Å². The number of carboxylic acids is 1. The van der Waals surface area contributed by atoms with Gasteiger partial charge in [0.2, 0.25) is 0 Å². The zero-order valence-corrected chi connectivity index (χ0v) is 10.1. The fourth-order valence-electron chi connectivity index (χ4n) is 1.31. The lowest BCUT2D eigenvalue weighted by molar-refractivity contribution is 0.0696. The van der Waals surface area contributed by atoms with Crippen molar-refractivity contribution in [3.63, 3.8) is 0 Å². The van der Waals surface area contributed by atoms with Crippen LogP contribution in [0.1, 0.15) is 22.3 Å². The van der Waals surface area contributed by atoms with Gasteiger partial charge in [0.05, 0.1) is 5.56 Å². The number of aryl methyl sites for hydroxylation is 1. The first-order chi connectivity index (χ1) is 7.15. The molecule has 1 N–H and O–H groups in total. The number of carbonyl (C=O) groups is 1. The smallest absolute Gasteiger partial charge is 0.335 e. The molecule has 1 aromatic carbocycles. The molecule has 1 aromatic rings. The predicted molar refractivity (Wildman–Crippen MR) is 61.3 cm³/mol. The van der Waals surface area contributed by atoms with Gasteiger partial charge >= 0.3 is 5.97 Å². The van der Waals surface area contributed by atoms with Crippen molar-refractivity contribution in [3.05, 3.63) is 33.8 Å². The van der Waals surface area contributed by atoms with E-state index in [0.717, 1.165) is 22.9 Å². The molecule has 0 bridgehead atoms. The van der Waals surface area contributed by atoms with Gasteiger partial charge in [0.15, 0.2) is 0 Å². The second-order valence-electron chi connectivity index (χ2n) is 3.21. The van der Waals surface area contributed by atoms with E-state index in [1.165, 1.54) is 0 Å². The average molecular weight is 273 g/mol. The maximum absolute atomic E-state index is 10.8. The minimum absolute atomic E-state index is 0.325. The first-order valence-corrected chi connectivity index (χ1v) is 5.45. The summed E-state index contributed by atoms with van der Waals surface area (Å²) in [5.74, 6) is -0.893. The number of carboxylic acid groups (broad SMARTS) is 1. The lowest BCUT2D eigenvalue weighted by Crippen LogP contribution is -1.99. The van der Waals surface area contributed by atoms with Crippen molar-refractivity contribution in [1.29, 1.82) is 0 Å². The summed E-state index contributed by atoms with van der Waals surface area (Å²) in [5.41, 5.74) is 1.33. The Morgan fingerprint density at radius 1 is 1.53 bits per heavy atom. The van der Waals surface area contributed by atoms with Gasteiger partial charge in [-0.3, -0.25) is 0 Å². The number of ether oxygens (including phenoxy) is 1. The SMILES string of the molecule is COCCCc1cc(C(=O)O)ccc1Br. The van der Waals surface area contributed by atoms with Crippen LogP contribution in [-0.4, -0.2) is 24.8 Å². The highest BCUT2D eigenvalue weighted by Gasteiger charge is 2.06. The number of hydrogen-bond acceptors (Lipinski definition) is 2. The van der Waals surface area contributed by atoms with Crippen LogP contribution in [0.2, 0.25) is 0 Å². The molecule has 0 saturated carbocycles. The zero-order chi connectivity index (χ0) is 11.3. The Morgan fingerprint density at radius 2 is 2.27 bits per heavy atom. The van der Waals surface area contributed by atoms with Gasteiger partial charge < -0.3 is 9.84 Å². The first kappa shape index (κ1) is 12.2. The topological polar surface area (TPSA) is 46.5 Å². The van der Waals surface area contributed by atoms with E-state index in [-0.39, 0.29) is 0 Å². The van der Waals surface area contributed by atoms with Gasteiger partial charge in [-0.2, -0.15) is 0 Å². The van der Waals surface area contributed by atoms with Crippen molar-refractivity contribution in [2.75, 3.05) is 13.7 Å².